The zero-order valence-corrected chi connectivity index (χ0v) is 10.7. The molecule has 3 N–H and O–H groups in total. The van der Waals surface area contributed by atoms with Crippen molar-refractivity contribution in [1.29, 1.82) is 0 Å². The van der Waals surface area contributed by atoms with Crippen molar-refractivity contribution in [3.63, 3.8) is 0 Å². The van der Waals surface area contributed by atoms with Crippen LogP contribution in [0.2, 0.25) is 0 Å². The highest BCUT2D eigenvalue weighted by Gasteiger charge is 2.15. The number of nitrogens with two attached hydrogens (primary N) is 1. The quantitative estimate of drug-likeness (QED) is 0.790. The van der Waals surface area contributed by atoms with Crippen LogP contribution < -0.4 is 15.8 Å². The molecule has 18 heavy (non-hydrogen) atoms. The van der Waals surface area contributed by atoms with Gasteiger partial charge in [0.25, 0.3) is 0 Å². The summed E-state index contributed by atoms with van der Waals surface area (Å²) in [4.78, 5) is 11.2. The van der Waals surface area contributed by atoms with E-state index in [9.17, 15) is 4.79 Å². The van der Waals surface area contributed by atoms with Gasteiger partial charge in [0.15, 0.2) is 0 Å². The molecule has 0 saturated carbocycles. The van der Waals surface area contributed by atoms with Gasteiger partial charge in [0.2, 0.25) is 5.91 Å². The fourth-order valence-corrected chi connectivity index (χ4v) is 2.31. The molecule has 0 bridgehead atoms. The molecule has 1 aromatic rings. The highest BCUT2D eigenvalue weighted by Crippen LogP contribution is 2.25. The largest absolute Gasteiger partial charge is 0.491 e. The van der Waals surface area contributed by atoms with E-state index in [0.29, 0.717) is 6.54 Å². The van der Waals surface area contributed by atoms with Crippen LogP contribution in [-0.2, 0) is 17.6 Å². The van der Waals surface area contributed by atoms with Crippen LogP contribution in [0.1, 0.15) is 24.5 Å². The molecular formula is C14H20N2O2. The Morgan fingerprint density at radius 2 is 2.22 bits per heavy atom. The average molecular weight is 248 g/mol. The molecule has 2 rings (SSSR count). The van der Waals surface area contributed by atoms with E-state index in [1.807, 2.05) is 13.0 Å². The number of fused-ring (bicyclic) bond motifs is 1. The number of carbonyl (C=O) groups excluding carboxylic acids is 1. The minimum absolute atomic E-state index is 0.280. The predicted molar refractivity (Wildman–Crippen MR) is 70.6 cm³/mol. The number of nitrogens with one attached hydrogen (secondary N) is 1. The minimum Gasteiger partial charge on any atom is -0.491 e. The molecule has 1 amide bonds. The number of benzene rings is 1. The third kappa shape index (κ3) is 3.01. The normalized spacial score (nSPS) is 15.2. The Kier molecular flexibility index (Phi) is 4.20. The highest BCUT2D eigenvalue weighted by molar-refractivity contribution is 5.80. The van der Waals surface area contributed by atoms with E-state index >= 15 is 0 Å². The van der Waals surface area contributed by atoms with Gasteiger partial charge in [-0.3, -0.25) is 4.79 Å². The molecule has 0 spiro atoms. The van der Waals surface area contributed by atoms with Crippen LogP contribution in [0.5, 0.6) is 5.75 Å². The molecular weight excluding hydrogens is 228 g/mol. The average Bonchev–Trinajstić information content (AvgIpc) is 2.81. The van der Waals surface area contributed by atoms with Gasteiger partial charge < -0.3 is 15.8 Å². The molecule has 0 fully saturated rings. The molecule has 4 nitrogen and oxygen atoms in total. The van der Waals surface area contributed by atoms with Crippen molar-refractivity contribution in [3.05, 3.63) is 29.3 Å². The van der Waals surface area contributed by atoms with Crippen LogP contribution in [0.25, 0.3) is 0 Å². The summed E-state index contributed by atoms with van der Waals surface area (Å²) in [6.45, 7) is 2.91. The van der Waals surface area contributed by atoms with Gasteiger partial charge >= 0.3 is 0 Å². The van der Waals surface area contributed by atoms with Crippen molar-refractivity contribution < 1.29 is 9.53 Å². The first kappa shape index (κ1) is 12.9. The van der Waals surface area contributed by atoms with Gasteiger partial charge in [-0.1, -0.05) is 13.0 Å². The Morgan fingerprint density at radius 3 is 2.94 bits per heavy atom. The zero-order chi connectivity index (χ0) is 13.0. The maximum atomic E-state index is 11.2. The number of hydrogen-bond acceptors (Lipinski definition) is 3. The zero-order valence-electron chi connectivity index (χ0n) is 10.7. The van der Waals surface area contributed by atoms with Crippen LogP contribution in [0, 0.1) is 0 Å². The van der Waals surface area contributed by atoms with Crippen molar-refractivity contribution in [2.45, 2.75) is 32.2 Å². The first-order valence-corrected chi connectivity index (χ1v) is 6.48. The molecule has 1 aromatic carbocycles. The smallest absolute Gasteiger partial charge is 0.238 e. The van der Waals surface area contributed by atoms with Crippen LogP contribution in [0.15, 0.2) is 18.2 Å². The van der Waals surface area contributed by atoms with Gasteiger partial charge in [0.1, 0.15) is 18.4 Å². The van der Waals surface area contributed by atoms with Crippen LogP contribution in [0.3, 0.4) is 0 Å². The number of likely N-dealkylation sites (N-methyl/N-ethyl adjacent to an activating group) is 1. The lowest BCUT2D eigenvalue weighted by atomic mass is 10.1. The maximum absolute atomic E-state index is 11.2. The van der Waals surface area contributed by atoms with Gasteiger partial charge in [0, 0.05) is 0 Å². The van der Waals surface area contributed by atoms with E-state index in [4.69, 9.17) is 10.5 Å². The molecule has 0 aromatic heterocycles. The van der Waals surface area contributed by atoms with E-state index in [-0.39, 0.29) is 12.5 Å². The summed E-state index contributed by atoms with van der Waals surface area (Å²) in [6.07, 6.45) is 3.51. The molecule has 1 unspecified atom stereocenters. The third-order valence-corrected chi connectivity index (χ3v) is 3.28. The SMILES string of the molecule is CCNC(COc1ccc2c(c1)CCC2)C(N)=O. The van der Waals surface area contributed by atoms with Crippen molar-refractivity contribution in [2.75, 3.05) is 13.2 Å². The number of hydrogen-bond donors (Lipinski definition) is 2. The number of rotatable bonds is 6. The van der Waals surface area contributed by atoms with Gasteiger partial charge in [-0.15, -0.1) is 0 Å². The topological polar surface area (TPSA) is 64.3 Å². The minimum atomic E-state index is -0.428. The van der Waals surface area contributed by atoms with Gasteiger partial charge in [-0.05, 0) is 49.1 Å². The molecule has 0 saturated heterocycles. The molecule has 0 radical (unpaired) electrons. The fourth-order valence-electron chi connectivity index (χ4n) is 2.31. The summed E-state index contributed by atoms with van der Waals surface area (Å²) in [5.74, 6) is 0.442. The first-order chi connectivity index (χ1) is 8.70. The van der Waals surface area contributed by atoms with Crippen molar-refractivity contribution >= 4 is 5.91 Å². The molecule has 1 aliphatic carbocycles. The fraction of sp³-hybridized carbons (Fsp3) is 0.500. The Labute approximate surface area is 108 Å². The second-order valence-corrected chi connectivity index (χ2v) is 4.61. The second-order valence-electron chi connectivity index (χ2n) is 4.61. The lowest BCUT2D eigenvalue weighted by Gasteiger charge is -2.15. The predicted octanol–water partition coefficient (Wildman–Crippen LogP) is 1.02. The molecule has 1 atom stereocenters. The van der Waals surface area contributed by atoms with Gasteiger partial charge in [0.05, 0.1) is 0 Å². The number of carbonyl (C=O) groups is 1. The molecule has 98 valence electrons. The molecule has 0 aliphatic heterocycles. The summed E-state index contributed by atoms with van der Waals surface area (Å²) in [6, 6.07) is 5.73. The van der Waals surface area contributed by atoms with E-state index in [0.717, 1.165) is 18.6 Å². The van der Waals surface area contributed by atoms with Gasteiger partial charge in [-0.2, -0.15) is 0 Å². The summed E-state index contributed by atoms with van der Waals surface area (Å²) >= 11 is 0. The molecule has 4 heteroatoms. The van der Waals surface area contributed by atoms with E-state index in [1.54, 1.807) is 0 Å². The highest BCUT2D eigenvalue weighted by atomic mass is 16.5. The Bertz CT molecular complexity index is 432. The standard InChI is InChI=1S/C14H20N2O2/c1-2-16-13(14(15)17)9-18-12-7-6-10-4-3-5-11(10)8-12/h6-8,13,16H,2-5,9H2,1H3,(H2,15,17). The van der Waals surface area contributed by atoms with Gasteiger partial charge in [-0.25, -0.2) is 0 Å². The second kappa shape index (κ2) is 5.87. The molecule has 0 heterocycles. The summed E-state index contributed by atoms with van der Waals surface area (Å²) < 4.78 is 5.64. The monoisotopic (exact) mass is 248 g/mol. The van der Waals surface area contributed by atoms with E-state index in [1.165, 1.54) is 17.5 Å². The number of ether oxygens (including phenoxy) is 1. The summed E-state index contributed by atoms with van der Waals surface area (Å²) in [5.41, 5.74) is 8.08. The van der Waals surface area contributed by atoms with E-state index in [2.05, 4.69) is 17.4 Å². The summed E-state index contributed by atoms with van der Waals surface area (Å²) in [7, 11) is 0. The third-order valence-electron chi connectivity index (χ3n) is 3.28. The summed E-state index contributed by atoms with van der Waals surface area (Å²) in [5, 5.41) is 3.01. The lowest BCUT2D eigenvalue weighted by Crippen LogP contribution is -2.45. The Hall–Kier alpha value is -1.55. The first-order valence-electron chi connectivity index (χ1n) is 6.48. The Balaban J connectivity index is 1.95. The van der Waals surface area contributed by atoms with Crippen LogP contribution in [-0.4, -0.2) is 25.1 Å². The van der Waals surface area contributed by atoms with Crippen molar-refractivity contribution in [2.24, 2.45) is 5.73 Å². The molecule has 1 aliphatic rings. The lowest BCUT2D eigenvalue weighted by molar-refractivity contribution is -0.120. The number of amides is 1. The Morgan fingerprint density at radius 1 is 1.44 bits per heavy atom. The number of primary amides is 1. The van der Waals surface area contributed by atoms with Crippen molar-refractivity contribution in [1.82, 2.24) is 5.32 Å². The maximum Gasteiger partial charge on any atom is 0.238 e. The van der Waals surface area contributed by atoms with Crippen LogP contribution in [0.4, 0.5) is 0 Å². The van der Waals surface area contributed by atoms with Crippen molar-refractivity contribution in [3.8, 4) is 5.75 Å². The van der Waals surface area contributed by atoms with E-state index < -0.39 is 6.04 Å². The van der Waals surface area contributed by atoms with Crippen LogP contribution >= 0.6 is 0 Å². The number of aryl methyl sites for hydroxylation is 2.